The van der Waals surface area contributed by atoms with Gasteiger partial charge in [-0.25, -0.2) is 4.79 Å². The van der Waals surface area contributed by atoms with Crippen molar-refractivity contribution in [2.75, 3.05) is 31.6 Å². The maximum absolute atomic E-state index is 12.8. The maximum Gasteiger partial charge on any atom is 0.326 e. The number of hydrogen-bond acceptors (Lipinski definition) is 4. The van der Waals surface area contributed by atoms with Crippen molar-refractivity contribution in [1.29, 1.82) is 0 Å². The van der Waals surface area contributed by atoms with Crippen LogP contribution in [0.5, 0.6) is 0 Å². The molecule has 0 unspecified atom stereocenters. The lowest BCUT2D eigenvalue weighted by atomic mass is 10.1. The van der Waals surface area contributed by atoms with Gasteiger partial charge in [-0.2, -0.15) is 0 Å². The van der Waals surface area contributed by atoms with E-state index in [0.29, 0.717) is 17.6 Å². The van der Waals surface area contributed by atoms with Crippen molar-refractivity contribution in [2.24, 2.45) is 0 Å². The highest BCUT2D eigenvalue weighted by Crippen LogP contribution is 2.17. The van der Waals surface area contributed by atoms with Crippen molar-refractivity contribution < 1.29 is 9.53 Å². The second-order valence-electron chi connectivity index (χ2n) is 8.59. The highest BCUT2D eigenvalue weighted by molar-refractivity contribution is 6.05. The lowest BCUT2D eigenvalue weighted by Crippen LogP contribution is -2.35. The minimum absolute atomic E-state index is 0.167. The molecule has 34 heavy (non-hydrogen) atoms. The van der Waals surface area contributed by atoms with Gasteiger partial charge >= 0.3 is 5.69 Å². The number of anilines is 1. The predicted octanol–water partition coefficient (Wildman–Crippen LogP) is 3.66. The minimum Gasteiger partial charge on any atom is -0.379 e. The zero-order chi connectivity index (χ0) is 23.3. The van der Waals surface area contributed by atoms with Crippen LogP contribution in [0, 0.1) is 0 Å². The van der Waals surface area contributed by atoms with E-state index < -0.39 is 0 Å². The Kier molecular flexibility index (Phi) is 6.56. The van der Waals surface area contributed by atoms with E-state index in [9.17, 15) is 9.59 Å². The number of nitrogens with one attached hydrogen (secondary N) is 2. The summed E-state index contributed by atoms with van der Waals surface area (Å²) in [5.74, 6) is -0.208. The summed E-state index contributed by atoms with van der Waals surface area (Å²) in [6, 6.07) is 23.3. The number of carbonyl (C=O) groups is 1. The summed E-state index contributed by atoms with van der Waals surface area (Å²) in [4.78, 5) is 30.6. The van der Waals surface area contributed by atoms with Gasteiger partial charge in [-0.05, 0) is 47.9 Å². The molecular formula is C27H28N4O3. The molecule has 1 saturated heterocycles. The van der Waals surface area contributed by atoms with Gasteiger partial charge in [0.2, 0.25) is 0 Å². The largest absolute Gasteiger partial charge is 0.379 e. The molecule has 0 atom stereocenters. The maximum atomic E-state index is 12.8. The molecule has 7 heteroatoms. The Labute approximate surface area is 198 Å². The van der Waals surface area contributed by atoms with Gasteiger partial charge in [0, 0.05) is 37.4 Å². The summed E-state index contributed by atoms with van der Waals surface area (Å²) in [6.07, 6.45) is 0.761. The van der Waals surface area contributed by atoms with Gasteiger partial charge in [-0.15, -0.1) is 0 Å². The number of amides is 1. The van der Waals surface area contributed by atoms with Crippen molar-refractivity contribution in [3.05, 3.63) is 100.0 Å². The first kappa shape index (κ1) is 22.1. The van der Waals surface area contributed by atoms with Crippen molar-refractivity contribution in [1.82, 2.24) is 14.5 Å². The van der Waals surface area contributed by atoms with Crippen LogP contribution >= 0.6 is 0 Å². The van der Waals surface area contributed by atoms with Crippen molar-refractivity contribution >= 4 is 22.6 Å². The standard InChI is InChI=1S/C27H28N4O3/c32-26(28-23-9-6-21(7-10-23)19-30-14-16-34-17-15-30)22-8-11-25-24(18-22)29-27(33)31(25)13-12-20-4-2-1-3-5-20/h1-11,18H,12-17,19H2,(H,28,32)(H,29,33). The number of carbonyl (C=O) groups excluding carboxylic acids is 1. The number of aryl methyl sites for hydroxylation is 2. The lowest BCUT2D eigenvalue weighted by Gasteiger charge is -2.26. The number of ether oxygens (including phenoxy) is 1. The number of hydrogen-bond donors (Lipinski definition) is 2. The molecule has 0 radical (unpaired) electrons. The average molecular weight is 457 g/mol. The Balaban J connectivity index is 1.25. The molecule has 0 spiro atoms. The molecule has 5 rings (SSSR count). The van der Waals surface area contributed by atoms with Crippen LogP contribution in [0.1, 0.15) is 21.5 Å². The lowest BCUT2D eigenvalue weighted by molar-refractivity contribution is 0.0342. The monoisotopic (exact) mass is 456 g/mol. The third kappa shape index (κ3) is 5.11. The van der Waals surface area contributed by atoms with Crippen LogP contribution in [0.4, 0.5) is 5.69 Å². The van der Waals surface area contributed by atoms with Crippen LogP contribution < -0.4 is 11.0 Å². The summed E-state index contributed by atoms with van der Waals surface area (Å²) in [5, 5.41) is 2.95. The van der Waals surface area contributed by atoms with E-state index >= 15 is 0 Å². The van der Waals surface area contributed by atoms with Gasteiger partial charge in [0.25, 0.3) is 5.91 Å². The average Bonchev–Trinajstić information content (AvgIpc) is 3.19. The Bertz CT molecular complexity index is 1320. The van der Waals surface area contributed by atoms with Crippen molar-refractivity contribution in [2.45, 2.75) is 19.5 Å². The zero-order valence-corrected chi connectivity index (χ0v) is 19.0. The van der Waals surface area contributed by atoms with Gasteiger partial charge in [0.1, 0.15) is 0 Å². The quantitative estimate of drug-likeness (QED) is 0.445. The van der Waals surface area contributed by atoms with E-state index in [1.165, 1.54) is 11.1 Å². The normalized spacial score (nSPS) is 14.4. The second-order valence-corrected chi connectivity index (χ2v) is 8.59. The van der Waals surface area contributed by atoms with Crippen LogP contribution in [0.15, 0.2) is 77.6 Å². The fraction of sp³-hybridized carbons (Fsp3) is 0.259. The first-order valence-electron chi connectivity index (χ1n) is 11.6. The second kappa shape index (κ2) is 10.1. The summed E-state index contributed by atoms with van der Waals surface area (Å²) in [6.45, 7) is 4.89. The number of imidazole rings is 1. The van der Waals surface area contributed by atoms with Gasteiger partial charge in [0.15, 0.2) is 0 Å². The number of rotatable bonds is 7. The molecule has 0 bridgehead atoms. The van der Waals surface area contributed by atoms with E-state index in [2.05, 4.69) is 27.3 Å². The van der Waals surface area contributed by atoms with Gasteiger partial charge in [-0.3, -0.25) is 14.3 Å². The molecular weight excluding hydrogens is 428 g/mol. The molecule has 0 aliphatic carbocycles. The first-order valence-corrected chi connectivity index (χ1v) is 11.6. The van der Waals surface area contributed by atoms with E-state index in [-0.39, 0.29) is 11.6 Å². The molecule has 4 aromatic rings. The van der Waals surface area contributed by atoms with Crippen molar-refractivity contribution in [3.63, 3.8) is 0 Å². The molecule has 1 aromatic heterocycles. The van der Waals surface area contributed by atoms with E-state index in [0.717, 1.165) is 50.5 Å². The highest BCUT2D eigenvalue weighted by Gasteiger charge is 2.13. The number of morpholine rings is 1. The van der Waals surface area contributed by atoms with Crippen LogP contribution in [-0.2, 0) is 24.2 Å². The van der Waals surface area contributed by atoms with Crippen LogP contribution in [0.25, 0.3) is 11.0 Å². The van der Waals surface area contributed by atoms with Crippen LogP contribution in [0.2, 0.25) is 0 Å². The van der Waals surface area contributed by atoms with Crippen molar-refractivity contribution in [3.8, 4) is 0 Å². The van der Waals surface area contributed by atoms with Gasteiger partial charge in [-0.1, -0.05) is 42.5 Å². The fourth-order valence-corrected chi connectivity index (χ4v) is 4.33. The molecule has 3 aromatic carbocycles. The number of aromatic amines is 1. The smallest absolute Gasteiger partial charge is 0.326 e. The van der Waals surface area contributed by atoms with Crippen LogP contribution in [-0.4, -0.2) is 46.7 Å². The number of nitrogens with zero attached hydrogens (tertiary/aromatic N) is 2. The molecule has 174 valence electrons. The fourth-order valence-electron chi connectivity index (χ4n) is 4.33. The molecule has 1 fully saturated rings. The summed E-state index contributed by atoms with van der Waals surface area (Å²) in [5.41, 5.74) is 4.91. The molecule has 1 amide bonds. The van der Waals surface area contributed by atoms with E-state index in [1.54, 1.807) is 16.7 Å². The third-order valence-corrected chi connectivity index (χ3v) is 6.22. The van der Waals surface area contributed by atoms with Gasteiger partial charge < -0.3 is 15.0 Å². The molecule has 1 aliphatic rings. The topological polar surface area (TPSA) is 79.4 Å². The Hall–Kier alpha value is -3.68. The number of fused-ring (bicyclic) bond motifs is 1. The summed E-state index contributed by atoms with van der Waals surface area (Å²) < 4.78 is 7.12. The molecule has 1 aliphatic heterocycles. The van der Waals surface area contributed by atoms with Gasteiger partial charge in [0.05, 0.1) is 24.2 Å². The molecule has 2 heterocycles. The SMILES string of the molecule is O=C(Nc1ccc(CN2CCOCC2)cc1)c1ccc2c(c1)[nH]c(=O)n2CCc1ccccc1. The molecule has 7 nitrogen and oxygen atoms in total. The predicted molar refractivity (Wildman–Crippen MR) is 133 cm³/mol. The van der Waals surface area contributed by atoms with E-state index in [1.807, 2.05) is 48.5 Å². The Morgan fingerprint density at radius 1 is 0.941 bits per heavy atom. The van der Waals surface area contributed by atoms with E-state index in [4.69, 9.17) is 4.74 Å². The third-order valence-electron chi connectivity index (χ3n) is 6.22. The summed E-state index contributed by atoms with van der Waals surface area (Å²) in [7, 11) is 0. The summed E-state index contributed by atoms with van der Waals surface area (Å²) >= 11 is 0. The Morgan fingerprint density at radius 3 is 2.47 bits per heavy atom. The Morgan fingerprint density at radius 2 is 1.71 bits per heavy atom. The highest BCUT2D eigenvalue weighted by atomic mass is 16.5. The molecule has 2 N–H and O–H groups in total. The first-order chi connectivity index (χ1) is 16.7. The number of benzene rings is 3. The zero-order valence-electron chi connectivity index (χ0n) is 19.0. The van der Waals surface area contributed by atoms with Crippen LogP contribution in [0.3, 0.4) is 0 Å². The molecule has 0 saturated carbocycles. The number of aromatic nitrogens is 2. The minimum atomic E-state index is -0.208. The number of H-pyrrole nitrogens is 1.